The molecule has 13 heteroatoms. The topological polar surface area (TPSA) is 151 Å². The van der Waals surface area contributed by atoms with E-state index < -0.39 is 11.5 Å². The number of fused-ring (bicyclic) bond motifs is 1. The summed E-state index contributed by atoms with van der Waals surface area (Å²) >= 11 is 0. The van der Waals surface area contributed by atoms with Crippen molar-refractivity contribution in [2.75, 3.05) is 39.8 Å². The predicted octanol–water partition coefficient (Wildman–Crippen LogP) is 0.205. The van der Waals surface area contributed by atoms with Gasteiger partial charge in [0.05, 0.1) is 24.6 Å². The van der Waals surface area contributed by atoms with Crippen LogP contribution in [0.3, 0.4) is 0 Å². The second-order valence-corrected chi connectivity index (χ2v) is 8.50. The fourth-order valence-corrected chi connectivity index (χ4v) is 3.93. The lowest BCUT2D eigenvalue weighted by Crippen LogP contribution is -2.49. The van der Waals surface area contributed by atoms with Crippen LogP contribution in [0.2, 0.25) is 0 Å². The van der Waals surface area contributed by atoms with Gasteiger partial charge in [-0.3, -0.25) is 19.5 Å². The third-order valence-corrected chi connectivity index (χ3v) is 6.01. The quantitative estimate of drug-likeness (QED) is 0.351. The molecule has 0 radical (unpaired) electrons. The molecule has 186 valence electrons. The fourth-order valence-electron chi connectivity index (χ4n) is 3.93. The van der Waals surface area contributed by atoms with Gasteiger partial charge < -0.3 is 19.3 Å². The number of hydrogen-bond acceptors (Lipinski definition) is 8. The average molecular weight is 492 g/mol. The molecule has 0 spiro atoms. The zero-order chi connectivity index (χ0) is 25.2. The van der Waals surface area contributed by atoms with Crippen molar-refractivity contribution in [2.45, 2.75) is 6.54 Å². The maximum atomic E-state index is 12.8. The van der Waals surface area contributed by atoms with Gasteiger partial charge in [-0.15, -0.1) is 0 Å². The van der Waals surface area contributed by atoms with E-state index >= 15 is 0 Å². The van der Waals surface area contributed by atoms with Crippen molar-refractivity contribution in [3.05, 3.63) is 64.5 Å². The minimum Gasteiger partial charge on any atom is -0.492 e. The Morgan fingerprint density at radius 1 is 1.19 bits per heavy atom. The molecule has 1 fully saturated rings. The summed E-state index contributed by atoms with van der Waals surface area (Å²) in [6.07, 6.45) is 3.97. The molecule has 0 bridgehead atoms. The summed E-state index contributed by atoms with van der Waals surface area (Å²) < 4.78 is 8.70. The molecule has 4 heterocycles. The maximum Gasteiger partial charge on any atom is 0.338 e. The number of aromatic nitrogens is 6. The van der Waals surface area contributed by atoms with Crippen LogP contribution in [0.5, 0.6) is 5.75 Å². The largest absolute Gasteiger partial charge is 0.492 e. The van der Waals surface area contributed by atoms with Crippen molar-refractivity contribution in [3.8, 4) is 11.7 Å². The number of amides is 1. The summed E-state index contributed by atoms with van der Waals surface area (Å²) in [5, 5.41) is 13.0. The maximum absolute atomic E-state index is 12.8. The molecule has 13 nitrogen and oxygen atoms in total. The van der Waals surface area contributed by atoms with Crippen LogP contribution in [-0.4, -0.2) is 95.9 Å². The first-order valence-corrected chi connectivity index (χ1v) is 11.3. The first-order valence-electron chi connectivity index (χ1n) is 11.3. The second-order valence-electron chi connectivity index (χ2n) is 8.50. The van der Waals surface area contributed by atoms with Crippen molar-refractivity contribution in [2.24, 2.45) is 0 Å². The van der Waals surface area contributed by atoms with E-state index in [0.717, 1.165) is 24.4 Å². The lowest BCUT2D eigenvalue weighted by atomic mass is 10.2. The molecule has 5 rings (SSSR count). The van der Waals surface area contributed by atoms with Gasteiger partial charge in [0, 0.05) is 39.4 Å². The summed E-state index contributed by atoms with van der Waals surface area (Å²) in [7, 11) is 1.81. The summed E-state index contributed by atoms with van der Waals surface area (Å²) in [4.78, 5) is 50.6. The van der Waals surface area contributed by atoms with E-state index in [-0.39, 0.29) is 23.1 Å². The van der Waals surface area contributed by atoms with Crippen LogP contribution in [0.25, 0.3) is 17.1 Å². The van der Waals surface area contributed by atoms with Crippen LogP contribution in [-0.2, 0) is 11.3 Å². The molecule has 2 N–H and O–H groups in total. The number of nitrogens with one attached hydrogen (secondary N) is 1. The third kappa shape index (κ3) is 4.81. The van der Waals surface area contributed by atoms with Crippen LogP contribution >= 0.6 is 0 Å². The molecule has 1 aliphatic heterocycles. The van der Waals surface area contributed by atoms with E-state index in [1.165, 1.54) is 23.4 Å². The van der Waals surface area contributed by atoms with E-state index in [0.29, 0.717) is 31.8 Å². The Kier molecular flexibility index (Phi) is 6.21. The van der Waals surface area contributed by atoms with Crippen molar-refractivity contribution in [1.82, 2.24) is 39.1 Å². The van der Waals surface area contributed by atoms with Crippen LogP contribution < -0.4 is 10.3 Å². The van der Waals surface area contributed by atoms with Crippen molar-refractivity contribution in [1.29, 1.82) is 0 Å². The van der Waals surface area contributed by atoms with Gasteiger partial charge in [0.25, 0.3) is 5.56 Å². The van der Waals surface area contributed by atoms with Crippen LogP contribution in [0.4, 0.5) is 0 Å². The highest BCUT2D eigenvalue weighted by molar-refractivity contribution is 5.87. The van der Waals surface area contributed by atoms with E-state index in [1.807, 2.05) is 31.3 Å². The molecule has 1 saturated heterocycles. The van der Waals surface area contributed by atoms with Gasteiger partial charge in [0.1, 0.15) is 12.4 Å². The Morgan fingerprint density at radius 3 is 2.72 bits per heavy atom. The number of aromatic carboxylic acids is 1. The number of H-pyrrole nitrogens is 1. The Balaban J connectivity index is 1.23. The summed E-state index contributed by atoms with van der Waals surface area (Å²) in [5.41, 5.74) is 1.02. The third-order valence-electron chi connectivity index (χ3n) is 6.01. The van der Waals surface area contributed by atoms with Gasteiger partial charge in [-0.25, -0.2) is 14.5 Å². The van der Waals surface area contributed by atoms with Crippen LogP contribution in [0.15, 0.2) is 47.8 Å². The number of ether oxygens (including phenoxy) is 1. The average Bonchev–Trinajstić information content (AvgIpc) is 3.51. The minimum absolute atomic E-state index is 0.0230. The minimum atomic E-state index is -1.13. The fraction of sp³-hybridized carbons (Fsp3) is 0.304. The molecule has 0 atom stereocenters. The first-order chi connectivity index (χ1) is 17.4. The summed E-state index contributed by atoms with van der Waals surface area (Å²) in [5.74, 6) is -0.208. The molecule has 1 amide bonds. The molecule has 4 aromatic rings. The number of carboxylic acids is 1. The Morgan fingerprint density at radius 2 is 2.00 bits per heavy atom. The second kappa shape index (κ2) is 9.62. The number of nitrogens with zero attached hydrogens (tertiary/aromatic N) is 7. The summed E-state index contributed by atoms with van der Waals surface area (Å²) in [6.45, 7) is 3.54. The van der Waals surface area contributed by atoms with Gasteiger partial charge in [-0.2, -0.15) is 10.1 Å². The molecular weight excluding hydrogens is 468 g/mol. The van der Waals surface area contributed by atoms with Gasteiger partial charge in [-0.05, 0) is 17.7 Å². The smallest absolute Gasteiger partial charge is 0.338 e. The van der Waals surface area contributed by atoms with Crippen molar-refractivity contribution in [3.63, 3.8) is 0 Å². The SMILES string of the molecule is CN1CCN(CCOc2ccc(Cn3cnc4nc(-n5cc(C(=O)O)cn5)[nH]c(=O)c43)cc2)CC1=O. The number of carbonyl (C=O) groups is 2. The van der Waals surface area contributed by atoms with Crippen molar-refractivity contribution >= 4 is 23.0 Å². The van der Waals surface area contributed by atoms with E-state index in [2.05, 4.69) is 25.0 Å². The Bertz CT molecular complexity index is 1470. The molecule has 0 aliphatic carbocycles. The first kappa shape index (κ1) is 23.2. The highest BCUT2D eigenvalue weighted by Crippen LogP contribution is 2.15. The standard InChI is InChI=1S/C23H24N8O5/c1-28-6-7-29(13-18(28)32)8-9-36-17-4-2-15(3-5-17)11-30-14-24-20-19(30)21(33)27-23(26-20)31-12-16(10-25-31)22(34)35/h2-5,10,12,14H,6-9,11,13H2,1H3,(H,34,35)(H,26,27,33). The number of carbonyl (C=O) groups excluding carboxylic acids is 1. The van der Waals surface area contributed by atoms with Crippen LogP contribution in [0.1, 0.15) is 15.9 Å². The van der Waals surface area contributed by atoms with Crippen LogP contribution in [0, 0.1) is 0 Å². The van der Waals surface area contributed by atoms with E-state index in [4.69, 9.17) is 9.84 Å². The number of piperazine rings is 1. The molecule has 0 saturated carbocycles. The molecule has 36 heavy (non-hydrogen) atoms. The van der Waals surface area contributed by atoms with E-state index in [1.54, 1.807) is 9.47 Å². The lowest BCUT2D eigenvalue weighted by Gasteiger charge is -2.31. The number of carboxylic acid groups (broad SMARTS) is 1. The Hall–Kier alpha value is -4.52. The van der Waals surface area contributed by atoms with Gasteiger partial charge in [0.15, 0.2) is 11.2 Å². The predicted molar refractivity (Wildman–Crippen MR) is 127 cm³/mol. The number of imidazole rings is 1. The molecule has 3 aromatic heterocycles. The van der Waals surface area contributed by atoms with Crippen molar-refractivity contribution < 1.29 is 19.4 Å². The lowest BCUT2D eigenvalue weighted by molar-refractivity contribution is -0.134. The van der Waals surface area contributed by atoms with Gasteiger partial charge in [-0.1, -0.05) is 12.1 Å². The van der Waals surface area contributed by atoms with Gasteiger partial charge in [0.2, 0.25) is 11.9 Å². The number of rotatable bonds is 8. The molecule has 1 aromatic carbocycles. The number of likely N-dealkylation sites (N-methyl/N-ethyl adjacent to an activating group) is 1. The number of aromatic amines is 1. The normalized spacial score (nSPS) is 14.5. The zero-order valence-electron chi connectivity index (χ0n) is 19.5. The summed E-state index contributed by atoms with van der Waals surface area (Å²) in [6, 6.07) is 7.55. The Labute approximate surface area is 204 Å². The molecular formula is C23H24N8O5. The van der Waals surface area contributed by atoms with E-state index in [9.17, 15) is 14.4 Å². The number of benzene rings is 1. The van der Waals surface area contributed by atoms with Gasteiger partial charge >= 0.3 is 5.97 Å². The molecule has 0 unspecified atom stereocenters. The monoisotopic (exact) mass is 492 g/mol. The zero-order valence-corrected chi connectivity index (χ0v) is 19.5. The highest BCUT2D eigenvalue weighted by Gasteiger charge is 2.20. The number of hydrogen-bond donors (Lipinski definition) is 2. The highest BCUT2D eigenvalue weighted by atomic mass is 16.5. The molecule has 1 aliphatic rings.